The lowest BCUT2D eigenvalue weighted by atomic mass is 10.5. The molecule has 0 spiro atoms. The van der Waals surface area contributed by atoms with Crippen LogP contribution in [0.3, 0.4) is 0 Å². The number of carbonyl (C=O) groups excluding carboxylic acids is 2. The third-order valence-corrected chi connectivity index (χ3v) is 1.22. The first-order valence-corrected chi connectivity index (χ1v) is 3.46. The molecule has 0 aliphatic carbocycles. The number of nitrogens with zero attached hydrogens (tertiary/aromatic N) is 1. The van der Waals surface area contributed by atoms with Crippen molar-refractivity contribution >= 4 is 12.3 Å². The number of rotatable bonds is 4. The smallest absolute Gasteiger partial charge is 0.281 e. The fraction of sp³-hybridized carbons (Fsp3) is 0.429. The summed E-state index contributed by atoms with van der Waals surface area (Å²) in [7, 11) is 1.31. The maximum Gasteiger partial charge on any atom is 0.281 e. The minimum Gasteiger partial charge on any atom is -0.353 e. The van der Waals surface area contributed by atoms with Gasteiger partial charge < -0.3 is 10.2 Å². The Morgan fingerprint density at radius 3 is 2.58 bits per heavy atom. The second-order valence-electron chi connectivity index (χ2n) is 1.99. The monoisotopic (exact) mass is 174 g/mol. The van der Waals surface area contributed by atoms with Gasteiger partial charge in [0.1, 0.15) is 0 Å². The second kappa shape index (κ2) is 5.29. The van der Waals surface area contributed by atoms with Crippen molar-refractivity contribution in [1.29, 1.82) is 0 Å². The van der Waals surface area contributed by atoms with Crippen LogP contribution in [0.1, 0.15) is 6.92 Å². The first-order valence-electron chi connectivity index (χ1n) is 3.46. The number of halogens is 1. The van der Waals surface area contributed by atoms with Crippen LogP contribution in [0.15, 0.2) is 12.0 Å². The van der Waals surface area contributed by atoms with E-state index < -0.39 is 11.7 Å². The fourth-order valence-electron chi connectivity index (χ4n) is 0.520. The third-order valence-electron chi connectivity index (χ3n) is 1.22. The maximum atomic E-state index is 12.7. The molecule has 0 aliphatic rings. The van der Waals surface area contributed by atoms with Crippen LogP contribution < -0.4 is 5.32 Å². The summed E-state index contributed by atoms with van der Waals surface area (Å²) < 4.78 is 12.7. The minimum absolute atomic E-state index is 0.327. The molecule has 0 unspecified atom stereocenters. The highest BCUT2D eigenvalue weighted by Crippen LogP contribution is 1.97. The van der Waals surface area contributed by atoms with Crippen molar-refractivity contribution in [3.8, 4) is 0 Å². The Kier molecular flexibility index (Phi) is 4.67. The van der Waals surface area contributed by atoms with Crippen molar-refractivity contribution in [2.24, 2.45) is 0 Å². The average molecular weight is 174 g/mol. The average Bonchev–Trinajstić information content (AvgIpc) is 2.12. The van der Waals surface area contributed by atoms with Crippen LogP contribution in [0.25, 0.3) is 0 Å². The van der Waals surface area contributed by atoms with Gasteiger partial charge in [-0.05, 0) is 6.92 Å². The Labute approximate surface area is 70.0 Å². The van der Waals surface area contributed by atoms with E-state index in [4.69, 9.17) is 0 Å². The molecule has 0 saturated carbocycles. The molecule has 0 saturated heterocycles. The van der Waals surface area contributed by atoms with Crippen LogP contribution in [0.4, 0.5) is 4.39 Å². The number of hydrogen-bond acceptors (Lipinski definition) is 2. The van der Waals surface area contributed by atoms with E-state index in [-0.39, 0.29) is 0 Å². The minimum atomic E-state index is -0.980. The zero-order valence-electron chi connectivity index (χ0n) is 7.00. The van der Waals surface area contributed by atoms with Crippen LogP contribution in [0.2, 0.25) is 0 Å². The van der Waals surface area contributed by atoms with Crippen LogP contribution >= 0.6 is 0 Å². The van der Waals surface area contributed by atoms with Crippen LogP contribution in [-0.4, -0.2) is 30.8 Å². The van der Waals surface area contributed by atoms with Gasteiger partial charge in [-0.1, -0.05) is 0 Å². The third kappa shape index (κ3) is 3.14. The molecule has 0 aliphatic heterocycles. The van der Waals surface area contributed by atoms with Crippen LogP contribution in [-0.2, 0) is 9.59 Å². The molecular weight excluding hydrogens is 163 g/mol. The molecule has 0 atom stereocenters. The highest BCUT2D eigenvalue weighted by atomic mass is 19.1. The number of hydrogen-bond donors (Lipinski definition) is 1. The van der Waals surface area contributed by atoms with Crippen molar-refractivity contribution < 1.29 is 14.0 Å². The van der Waals surface area contributed by atoms with Crippen molar-refractivity contribution in [3.63, 3.8) is 0 Å². The summed E-state index contributed by atoms with van der Waals surface area (Å²) in [4.78, 5) is 21.8. The first-order chi connectivity index (χ1) is 5.65. The Balaban J connectivity index is 4.31. The van der Waals surface area contributed by atoms with E-state index in [1.54, 1.807) is 6.92 Å². The van der Waals surface area contributed by atoms with Gasteiger partial charge in [-0.3, -0.25) is 9.59 Å². The number of carbonyl (C=O) groups is 2. The Morgan fingerprint density at radius 1 is 1.67 bits per heavy atom. The molecule has 0 rings (SSSR count). The largest absolute Gasteiger partial charge is 0.353 e. The number of amides is 2. The fourth-order valence-corrected chi connectivity index (χ4v) is 0.520. The normalized spacial score (nSPS) is 10.8. The number of likely N-dealkylation sites (N-methyl/N-ethyl adjacent to an activating group) is 1. The highest BCUT2D eigenvalue weighted by molar-refractivity contribution is 5.90. The second-order valence-corrected chi connectivity index (χ2v) is 1.99. The van der Waals surface area contributed by atoms with Crippen molar-refractivity contribution in [2.45, 2.75) is 6.92 Å². The lowest BCUT2D eigenvalue weighted by molar-refractivity contribution is -0.118. The molecule has 5 heteroatoms. The van der Waals surface area contributed by atoms with E-state index in [1.807, 2.05) is 0 Å². The quantitative estimate of drug-likeness (QED) is 0.482. The summed E-state index contributed by atoms with van der Waals surface area (Å²) in [5.74, 6) is -1.82. The SMILES string of the molecule is CCN(C=O)C=C(F)C(=O)NC. The summed E-state index contributed by atoms with van der Waals surface area (Å²) in [5, 5.41) is 2.09. The Hall–Kier alpha value is -1.39. The topological polar surface area (TPSA) is 49.4 Å². The summed E-state index contributed by atoms with van der Waals surface area (Å²) in [5.41, 5.74) is 0. The van der Waals surface area contributed by atoms with Crippen molar-refractivity contribution in [2.75, 3.05) is 13.6 Å². The van der Waals surface area contributed by atoms with E-state index in [0.717, 1.165) is 11.1 Å². The maximum absolute atomic E-state index is 12.7. The van der Waals surface area contributed by atoms with Crippen LogP contribution in [0.5, 0.6) is 0 Å². The van der Waals surface area contributed by atoms with E-state index in [2.05, 4.69) is 5.32 Å². The zero-order chi connectivity index (χ0) is 9.56. The van der Waals surface area contributed by atoms with Gasteiger partial charge in [0, 0.05) is 19.8 Å². The lowest BCUT2D eigenvalue weighted by Gasteiger charge is -2.07. The van der Waals surface area contributed by atoms with Crippen LogP contribution in [0, 0.1) is 0 Å². The lowest BCUT2D eigenvalue weighted by Crippen LogP contribution is -2.21. The van der Waals surface area contributed by atoms with Gasteiger partial charge in [-0.2, -0.15) is 4.39 Å². The van der Waals surface area contributed by atoms with Gasteiger partial charge >= 0.3 is 0 Å². The summed E-state index contributed by atoms with van der Waals surface area (Å²) in [6, 6.07) is 0. The molecule has 68 valence electrons. The molecule has 0 fully saturated rings. The molecule has 0 bridgehead atoms. The molecule has 12 heavy (non-hydrogen) atoms. The van der Waals surface area contributed by atoms with E-state index in [1.165, 1.54) is 7.05 Å². The standard InChI is InChI=1S/C7H11FN2O2/c1-3-10(5-11)4-6(8)7(12)9-2/h4-5H,3H2,1-2H3,(H,9,12). The predicted octanol–water partition coefficient (Wildman–Crippen LogP) is 0.0216. The summed E-state index contributed by atoms with van der Waals surface area (Å²) in [6.45, 7) is 2.00. The van der Waals surface area contributed by atoms with Gasteiger partial charge in [0.25, 0.3) is 5.91 Å². The summed E-state index contributed by atoms with van der Waals surface area (Å²) in [6.07, 6.45) is 1.30. The van der Waals surface area contributed by atoms with E-state index in [0.29, 0.717) is 13.0 Å². The molecule has 0 radical (unpaired) electrons. The highest BCUT2D eigenvalue weighted by Gasteiger charge is 2.06. The van der Waals surface area contributed by atoms with Gasteiger partial charge in [0.15, 0.2) is 0 Å². The Morgan fingerprint density at radius 2 is 2.25 bits per heavy atom. The first kappa shape index (κ1) is 10.6. The molecule has 4 nitrogen and oxygen atoms in total. The molecule has 0 heterocycles. The summed E-state index contributed by atoms with van der Waals surface area (Å²) >= 11 is 0. The van der Waals surface area contributed by atoms with Gasteiger partial charge in [0.05, 0.1) is 0 Å². The Bertz CT molecular complexity index is 204. The molecule has 2 amide bonds. The molecular formula is C7H11FN2O2. The van der Waals surface area contributed by atoms with E-state index >= 15 is 0 Å². The van der Waals surface area contributed by atoms with E-state index in [9.17, 15) is 14.0 Å². The zero-order valence-corrected chi connectivity index (χ0v) is 7.00. The molecule has 0 aromatic heterocycles. The van der Waals surface area contributed by atoms with Gasteiger partial charge in [-0.15, -0.1) is 0 Å². The van der Waals surface area contributed by atoms with Gasteiger partial charge in [0.2, 0.25) is 12.2 Å². The molecule has 0 aromatic rings. The molecule has 1 N–H and O–H groups in total. The van der Waals surface area contributed by atoms with Crippen molar-refractivity contribution in [3.05, 3.63) is 12.0 Å². The predicted molar refractivity (Wildman–Crippen MR) is 41.7 cm³/mol. The van der Waals surface area contributed by atoms with Gasteiger partial charge in [-0.25, -0.2) is 0 Å². The molecule has 0 aromatic carbocycles. The van der Waals surface area contributed by atoms with Crippen molar-refractivity contribution in [1.82, 2.24) is 10.2 Å². The number of nitrogens with one attached hydrogen (secondary N) is 1.